The highest BCUT2D eigenvalue weighted by atomic mass is 28.4. The van der Waals surface area contributed by atoms with Crippen LogP contribution in [0.15, 0.2) is 47.6 Å². The van der Waals surface area contributed by atoms with Crippen LogP contribution in [0.25, 0.3) is 0 Å². The molecule has 0 aromatic carbocycles. The molecule has 0 radical (unpaired) electrons. The second-order valence-corrected chi connectivity index (χ2v) is 29.2. The number of methoxy groups -OCH3 is 3. The van der Waals surface area contributed by atoms with E-state index in [0.717, 1.165) is 24.8 Å². The summed E-state index contributed by atoms with van der Waals surface area (Å²) in [6.07, 6.45) is 13.3. The van der Waals surface area contributed by atoms with Crippen LogP contribution in [0.1, 0.15) is 153 Å². The molecule has 432 valence electrons. The zero-order valence-corrected chi connectivity index (χ0v) is 50.1. The van der Waals surface area contributed by atoms with Crippen molar-refractivity contribution >= 4 is 37.5 Å². The van der Waals surface area contributed by atoms with Crippen molar-refractivity contribution in [2.24, 2.45) is 35.5 Å². The van der Waals surface area contributed by atoms with Crippen molar-refractivity contribution in [3.05, 3.63) is 47.6 Å². The smallest absolute Gasteiger partial charge is 0.329 e. The number of allylic oxidation sites excluding steroid dienone is 6. The lowest BCUT2D eigenvalue weighted by Gasteiger charge is -2.42. The maximum Gasteiger partial charge on any atom is 0.329 e. The summed E-state index contributed by atoms with van der Waals surface area (Å²) in [6, 6.07) is -1.14. The molecule has 0 aromatic rings. The third kappa shape index (κ3) is 17.9. The summed E-state index contributed by atoms with van der Waals surface area (Å²) in [5.74, 6) is -7.85. The van der Waals surface area contributed by atoms with E-state index in [0.29, 0.717) is 70.2 Å². The van der Waals surface area contributed by atoms with E-state index >= 15 is 0 Å². The number of amides is 1. The molecule has 1 saturated carbocycles. The maximum absolute atomic E-state index is 14.6. The number of hydrogen-bond donors (Lipinski definition) is 2. The Balaban J connectivity index is 1.64. The van der Waals surface area contributed by atoms with Gasteiger partial charge < -0.3 is 48.0 Å². The number of ketones is 3. The van der Waals surface area contributed by atoms with Crippen molar-refractivity contribution < 1.29 is 67.0 Å². The van der Waals surface area contributed by atoms with Crippen LogP contribution in [0, 0.1) is 35.5 Å². The summed E-state index contributed by atoms with van der Waals surface area (Å²) in [5.41, 5.74) is 1.28. The quantitative estimate of drug-likeness (QED) is 0.0617. The van der Waals surface area contributed by atoms with Gasteiger partial charge in [-0.15, -0.1) is 0 Å². The Morgan fingerprint density at radius 3 is 2.21 bits per heavy atom. The fourth-order valence-corrected chi connectivity index (χ4v) is 12.2. The molecule has 4 rings (SSSR count). The van der Waals surface area contributed by atoms with Gasteiger partial charge in [-0.05, 0) is 132 Å². The Hall–Kier alpha value is -3.19. The van der Waals surface area contributed by atoms with Crippen LogP contribution in [0.5, 0.6) is 0 Å². The van der Waals surface area contributed by atoms with Crippen LogP contribution in [-0.2, 0) is 56.8 Å². The average molecular weight is 1090 g/mol. The lowest BCUT2D eigenvalue weighted by molar-refractivity contribution is -0.265. The minimum Gasteiger partial charge on any atom is -0.460 e. The summed E-state index contributed by atoms with van der Waals surface area (Å²) in [6.45, 7) is 25.3. The molecular weight excluding hydrogens is 987 g/mol. The number of cyclic esters (lactones) is 1. The zero-order chi connectivity index (χ0) is 56.7. The summed E-state index contributed by atoms with van der Waals surface area (Å²) >= 11 is 0. The Bertz CT molecular complexity index is 2040. The van der Waals surface area contributed by atoms with E-state index in [1.807, 2.05) is 58.1 Å². The van der Waals surface area contributed by atoms with Gasteiger partial charge in [-0.25, -0.2) is 4.79 Å². The van der Waals surface area contributed by atoms with Gasteiger partial charge in [0, 0.05) is 71.7 Å². The SMILES string of the molecule is CO[C@H]1C[C@@H]2CC[C@@H](C)[C@@](O)(O2)C(=O)C(=O)N2CCCC[C@H]2C(=O)O[C@H]([C@H](C)C[C@@H]2CC[C@@H](OCCCO[Si](C)(C)C(C)(C)C)[C@H](OC)C2)CC(=O)[C@H](C)/C=C(\C)[C@@H](O)[C@@H](OC)C(=O)[C@H](C)CC(C)/C=C/C=C/C=C/1C. The van der Waals surface area contributed by atoms with Crippen LogP contribution >= 0.6 is 0 Å². The lowest BCUT2D eigenvalue weighted by atomic mass is 9.78. The first kappa shape index (κ1) is 65.3. The second kappa shape index (κ2) is 29.9. The Morgan fingerprint density at radius 2 is 1.55 bits per heavy atom. The van der Waals surface area contributed by atoms with Gasteiger partial charge in [0.15, 0.2) is 14.1 Å². The van der Waals surface area contributed by atoms with Gasteiger partial charge in [0.05, 0.1) is 24.4 Å². The van der Waals surface area contributed by atoms with Crippen LogP contribution < -0.4 is 0 Å². The number of esters is 1. The highest BCUT2D eigenvalue weighted by Crippen LogP contribution is 2.39. The Kier molecular flexibility index (Phi) is 25.7. The molecule has 2 saturated heterocycles. The van der Waals surface area contributed by atoms with Gasteiger partial charge in [0.1, 0.15) is 30.1 Å². The lowest BCUT2D eigenvalue weighted by Crippen LogP contribution is -2.61. The molecule has 0 spiro atoms. The maximum atomic E-state index is 14.6. The van der Waals surface area contributed by atoms with Crippen molar-refractivity contribution in [2.45, 2.75) is 225 Å². The standard InChI is InChI=1S/C60H99NO14Si/c1-38-22-17-16-18-23-39(2)50(69-11)36-46-27-25-44(7)60(68,75-46)56(65)57(66)61-29-20-19-24-47(61)58(67)74-51(37-48(62)40(3)33-43(6)54(64)55(71-13)53(63)42(5)32-38)41(4)34-45-26-28-49(52(35-45)70-12)72-30-21-31-73-76(14,15)59(8,9)10/h16-18,22-23,33,38,40-42,44-47,49-52,54-55,64,68H,19-21,24-32,34-37H2,1-15H3/b18-16+,22-17+,39-23+,43-33+/t38?,40-,41-,42-,44-,45+,46+,47+,49-,50+,51+,52-,54-,55+,60-/m1/s1. The predicted octanol–water partition coefficient (Wildman–Crippen LogP) is 9.62. The van der Waals surface area contributed by atoms with E-state index in [9.17, 15) is 34.2 Å². The van der Waals surface area contributed by atoms with E-state index in [1.165, 1.54) is 12.0 Å². The molecule has 15 atom stereocenters. The highest BCUT2D eigenvalue weighted by molar-refractivity contribution is 6.74. The number of fused-ring (bicyclic) bond motifs is 3. The normalized spacial score (nSPS) is 36.8. The largest absolute Gasteiger partial charge is 0.460 e. The molecule has 0 aromatic heterocycles. The molecule has 1 amide bonds. The molecule has 4 aliphatic rings. The molecule has 15 nitrogen and oxygen atoms in total. The number of nitrogens with zero attached hydrogens (tertiary/aromatic N) is 1. The number of piperidine rings is 1. The minimum atomic E-state index is -2.43. The second-order valence-electron chi connectivity index (χ2n) is 24.4. The van der Waals surface area contributed by atoms with E-state index in [1.54, 1.807) is 41.1 Å². The number of ether oxygens (including phenoxy) is 6. The van der Waals surface area contributed by atoms with Crippen molar-refractivity contribution in [1.82, 2.24) is 4.90 Å². The summed E-state index contributed by atoms with van der Waals surface area (Å²) in [5, 5.41) is 23.7. The van der Waals surface area contributed by atoms with Crippen molar-refractivity contribution in [3.63, 3.8) is 0 Å². The van der Waals surface area contributed by atoms with Gasteiger partial charge in [-0.1, -0.05) is 91.8 Å². The van der Waals surface area contributed by atoms with Gasteiger partial charge in [0.25, 0.3) is 11.7 Å². The third-order valence-electron chi connectivity index (χ3n) is 17.3. The van der Waals surface area contributed by atoms with Crippen molar-refractivity contribution in [3.8, 4) is 0 Å². The Morgan fingerprint density at radius 1 is 0.842 bits per heavy atom. The number of Topliss-reactive ketones (excluding diaryl/α,β-unsaturated/α-hetero) is 3. The fourth-order valence-electron chi connectivity index (χ4n) is 11.1. The number of aliphatic hydroxyl groups is 2. The van der Waals surface area contributed by atoms with Crippen molar-refractivity contribution in [2.75, 3.05) is 41.1 Å². The number of carbonyl (C=O) groups is 5. The molecule has 3 heterocycles. The highest BCUT2D eigenvalue weighted by Gasteiger charge is 2.53. The summed E-state index contributed by atoms with van der Waals surface area (Å²) in [7, 11) is 2.81. The number of carbonyl (C=O) groups excluding carboxylic acids is 5. The van der Waals surface area contributed by atoms with Gasteiger partial charge >= 0.3 is 5.97 Å². The third-order valence-corrected chi connectivity index (χ3v) is 21.9. The number of rotatable bonds is 12. The van der Waals surface area contributed by atoms with Crippen LogP contribution in [0.2, 0.25) is 18.1 Å². The first-order valence-electron chi connectivity index (χ1n) is 28.4. The molecule has 76 heavy (non-hydrogen) atoms. The summed E-state index contributed by atoms with van der Waals surface area (Å²) < 4.78 is 42.9. The van der Waals surface area contributed by atoms with E-state index in [2.05, 4.69) is 33.9 Å². The van der Waals surface area contributed by atoms with Crippen LogP contribution in [0.3, 0.4) is 0 Å². The summed E-state index contributed by atoms with van der Waals surface area (Å²) in [4.78, 5) is 72.8. The molecule has 3 fully saturated rings. The minimum absolute atomic E-state index is 0.0172. The topological polar surface area (TPSA) is 194 Å². The van der Waals surface area contributed by atoms with Gasteiger partial charge in [-0.2, -0.15) is 0 Å². The van der Waals surface area contributed by atoms with Gasteiger partial charge in [-0.3, -0.25) is 19.2 Å². The van der Waals surface area contributed by atoms with Crippen LogP contribution in [0.4, 0.5) is 0 Å². The molecule has 2 N–H and O–H groups in total. The molecule has 1 unspecified atom stereocenters. The molecule has 3 aliphatic heterocycles. The molecule has 16 heteroatoms. The monoisotopic (exact) mass is 1090 g/mol. The Labute approximate surface area is 457 Å². The van der Waals surface area contributed by atoms with Gasteiger partial charge in [0.2, 0.25) is 5.79 Å². The molecule has 2 bridgehead atoms. The molecule has 1 aliphatic carbocycles. The fraction of sp³-hybridized carbons (Fsp3) is 0.783. The molecular formula is C60H99NO14Si. The average Bonchev–Trinajstić information content (AvgIpc) is 3.37. The number of aliphatic hydroxyl groups excluding tert-OH is 1. The first-order valence-corrected chi connectivity index (χ1v) is 31.3. The van der Waals surface area contributed by atoms with E-state index in [-0.39, 0.29) is 66.0 Å². The van der Waals surface area contributed by atoms with E-state index in [4.69, 9.17) is 32.8 Å². The van der Waals surface area contributed by atoms with Crippen LogP contribution in [-0.4, -0.2) is 148 Å². The number of hydrogen-bond acceptors (Lipinski definition) is 14. The predicted molar refractivity (Wildman–Crippen MR) is 297 cm³/mol. The zero-order valence-electron chi connectivity index (χ0n) is 49.1. The van der Waals surface area contributed by atoms with Crippen molar-refractivity contribution in [1.29, 1.82) is 0 Å². The van der Waals surface area contributed by atoms with E-state index < -0.39 is 86.1 Å². The first-order chi connectivity index (χ1) is 35.7.